The van der Waals surface area contributed by atoms with E-state index >= 15 is 0 Å². The second-order valence-corrected chi connectivity index (χ2v) is 6.28. The molecule has 1 fully saturated rings. The van der Waals surface area contributed by atoms with Gasteiger partial charge in [-0.3, -0.25) is 9.80 Å². The van der Waals surface area contributed by atoms with Gasteiger partial charge in [0.25, 0.3) is 0 Å². The minimum Gasteiger partial charge on any atom is -0.330 e. The molecular formula is C18H31N3. The van der Waals surface area contributed by atoms with Gasteiger partial charge in [0.15, 0.2) is 0 Å². The van der Waals surface area contributed by atoms with E-state index in [0.717, 1.165) is 19.1 Å². The standard InChI is InChI=1S/C18H31N3/c1-4-21(5-2)18-10-11-20(14-18)13-16-6-8-17(9-7-16)15(3)12-19/h6-9,15,18H,4-5,10-14,19H2,1-3H3. The lowest BCUT2D eigenvalue weighted by molar-refractivity contribution is 0.209. The fourth-order valence-electron chi connectivity index (χ4n) is 3.34. The molecule has 0 saturated carbocycles. The van der Waals surface area contributed by atoms with Crippen molar-refractivity contribution < 1.29 is 0 Å². The first-order valence-electron chi connectivity index (χ1n) is 8.43. The minimum atomic E-state index is 0.456. The molecule has 1 heterocycles. The lowest BCUT2D eigenvalue weighted by Crippen LogP contribution is -2.37. The topological polar surface area (TPSA) is 32.5 Å². The summed E-state index contributed by atoms with van der Waals surface area (Å²) in [5, 5.41) is 0. The molecule has 1 aromatic rings. The third-order valence-corrected chi connectivity index (χ3v) is 4.88. The second kappa shape index (κ2) is 7.92. The highest BCUT2D eigenvalue weighted by Gasteiger charge is 2.25. The predicted molar refractivity (Wildman–Crippen MR) is 90.5 cm³/mol. The first kappa shape index (κ1) is 16.5. The Hall–Kier alpha value is -0.900. The molecule has 1 saturated heterocycles. The van der Waals surface area contributed by atoms with Crippen LogP contribution < -0.4 is 5.73 Å². The van der Waals surface area contributed by atoms with Crippen molar-refractivity contribution >= 4 is 0 Å². The molecule has 21 heavy (non-hydrogen) atoms. The largest absolute Gasteiger partial charge is 0.330 e. The van der Waals surface area contributed by atoms with Gasteiger partial charge in [-0.25, -0.2) is 0 Å². The summed E-state index contributed by atoms with van der Waals surface area (Å²) in [4.78, 5) is 5.18. The fraction of sp³-hybridized carbons (Fsp3) is 0.667. The van der Waals surface area contributed by atoms with Crippen molar-refractivity contribution in [2.45, 2.75) is 45.7 Å². The molecule has 1 aliphatic rings. The summed E-state index contributed by atoms with van der Waals surface area (Å²) in [5.41, 5.74) is 8.50. The normalized spacial score (nSPS) is 21.1. The number of hydrogen-bond donors (Lipinski definition) is 1. The Labute approximate surface area is 130 Å². The lowest BCUT2D eigenvalue weighted by Gasteiger charge is -2.26. The molecule has 0 aliphatic carbocycles. The molecule has 2 atom stereocenters. The first-order chi connectivity index (χ1) is 10.2. The van der Waals surface area contributed by atoms with Gasteiger partial charge in [-0.2, -0.15) is 0 Å². The Morgan fingerprint density at radius 2 is 1.90 bits per heavy atom. The van der Waals surface area contributed by atoms with Crippen molar-refractivity contribution in [2.24, 2.45) is 5.73 Å². The van der Waals surface area contributed by atoms with E-state index < -0.39 is 0 Å². The zero-order chi connectivity index (χ0) is 15.2. The van der Waals surface area contributed by atoms with Crippen molar-refractivity contribution in [1.82, 2.24) is 9.80 Å². The number of rotatable bonds is 7. The summed E-state index contributed by atoms with van der Waals surface area (Å²) in [6, 6.07) is 9.77. The van der Waals surface area contributed by atoms with E-state index in [1.807, 2.05) is 0 Å². The maximum Gasteiger partial charge on any atom is 0.0235 e. The lowest BCUT2D eigenvalue weighted by atomic mass is 10.00. The molecule has 0 aromatic heterocycles. The smallest absolute Gasteiger partial charge is 0.0235 e. The van der Waals surface area contributed by atoms with Gasteiger partial charge in [-0.1, -0.05) is 45.0 Å². The molecule has 1 aliphatic heterocycles. The van der Waals surface area contributed by atoms with Gasteiger partial charge < -0.3 is 5.73 Å². The first-order valence-corrected chi connectivity index (χ1v) is 8.43. The van der Waals surface area contributed by atoms with Crippen LogP contribution in [0, 0.1) is 0 Å². The van der Waals surface area contributed by atoms with Crippen LogP contribution in [0.2, 0.25) is 0 Å². The Morgan fingerprint density at radius 1 is 1.24 bits per heavy atom. The van der Waals surface area contributed by atoms with Crippen LogP contribution in [0.4, 0.5) is 0 Å². The van der Waals surface area contributed by atoms with E-state index in [4.69, 9.17) is 5.73 Å². The van der Waals surface area contributed by atoms with E-state index in [0.29, 0.717) is 5.92 Å². The van der Waals surface area contributed by atoms with Crippen LogP contribution in [-0.4, -0.2) is 48.6 Å². The number of benzene rings is 1. The SMILES string of the molecule is CCN(CC)C1CCN(Cc2ccc(C(C)CN)cc2)C1. The van der Waals surface area contributed by atoms with Gasteiger partial charge in [0.2, 0.25) is 0 Å². The Balaban J connectivity index is 1.88. The second-order valence-electron chi connectivity index (χ2n) is 6.28. The Bertz CT molecular complexity index is 411. The van der Waals surface area contributed by atoms with Crippen LogP contribution in [0.5, 0.6) is 0 Å². The van der Waals surface area contributed by atoms with Crippen molar-refractivity contribution in [1.29, 1.82) is 0 Å². The number of likely N-dealkylation sites (N-methyl/N-ethyl adjacent to an activating group) is 1. The fourth-order valence-corrected chi connectivity index (χ4v) is 3.34. The molecule has 2 unspecified atom stereocenters. The molecular weight excluding hydrogens is 258 g/mol. The molecule has 0 radical (unpaired) electrons. The van der Waals surface area contributed by atoms with Crippen LogP contribution in [0.15, 0.2) is 24.3 Å². The Morgan fingerprint density at radius 3 is 2.48 bits per heavy atom. The highest BCUT2D eigenvalue weighted by atomic mass is 15.2. The van der Waals surface area contributed by atoms with Gasteiger partial charge in [-0.05, 0) is 43.1 Å². The molecule has 3 nitrogen and oxygen atoms in total. The van der Waals surface area contributed by atoms with Gasteiger partial charge in [0.1, 0.15) is 0 Å². The van der Waals surface area contributed by atoms with E-state index in [1.54, 1.807) is 0 Å². The molecule has 0 spiro atoms. The average Bonchev–Trinajstić information content (AvgIpc) is 2.97. The summed E-state index contributed by atoms with van der Waals surface area (Å²) in [6.07, 6.45) is 1.31. The predicted octanol–water partition coefficient (Wildman–Crippen LogP) is 2.66. The number of likely N-dealkylation sites (tertiary alicyclic amines) is 1. The van der Waals surface area contributed by atoms with Crippen molar-refractivity contribution in [3.63, 3.8) is 0 Å². The molecule has 118 valence electrons. The number of hydrogen-bond acceptors (Lipinski definition) is 3. The van der Waals surface area contributed by atoms with E-state index in [9.17, 15) is 0 Å². The summed E-state index contributed by atoms with van der Waals surface area (Å²) < 4.78 is 0. The van der Waals surface area contributed by atoms with Gasteiger partial charge in [0.05, 0.1) is 0 Å². The summed E-state index contributed by atoms with van der Waals surface area (Å²) >= 11 is 0. The van der Waals surface area contributed by atoms with Crippen LogP contribution >= 0.6 is 0 Å². The van der Waals surface area contributed by atoms with Gasteiger partial charge >= 0.3 is 0 Å². The number of nitrogens with zero attached hydrogens (tertiary/aromatic N) is 2. The zero-order valence-corrected chi connectivity index (χ0v) is 13.9. The maximum absolute atomic E-state index is 5.73. The van der Waals surface area contributed by atoms with E-state index in [-0.39, 0.29) is 0 Å². The highest BCUT2D eigenvalue weighted by molar-refractivity contribution is 5.25. The molecule has 3 heteroatoms. The summed E-state index contributed by atoms with van der Waals surface area (Å²) in [6.45, 7) is 13.3. The maximum atomic E-state index is 5.73. The average molecular weight is 289 g/mol. The minimum absolute atomic E-state index is 0.456. The molecule has 0 bridgehead atoms. The van der Waals surface area contributed by atoms with Crippen molar-refractivity contribution in [3.05, 3.63) is 35.4 Å². The van der Waals surface area contributed by atoms with E-state index in [2.05, 4.69) is 54.8 Å². The van der Waals surface area contributed by atoms with Crippen molar-refractivity contribution in [3.8, 4) is 0 Å². The zero-order valence-electron chi connectivity index (χ0n) is 13.9. The Kier molecular flexibility index (Phi) is 6.22. The monoisotopic (exact) mass is 289 g/mol. The summed E-state index contributed by atoms with van der Waals surface area (Å²) in [7, 11) is 0. The highest BCUT2D eigenvalue weighted by Crippen LogP contribution is 2.19. The van der Waals surface area contributed by atoms with Gasteiger partial charge in [0, 0.05) is 25.7 Å². The molecule has 1 aromatic carbocycles. The van der Waals surface area contributed by atoms with Crippen molar-refractivity contribution in [2.75, 3.05) is 32.7 Å². The quantitative estimate of drug-likeness (QED) is 0.837. The van der Waals surface area contributed by atoms with Gasteiger partial charge in [-0.15, -0.1) is 0 Å². The third-order valence-electron chi connectivity index (χ3n) is 4.88. The van der Waals surface area contributed by atoms with E-state index in [1.165, 1.54) is 43.7 Å². The van der Waals surface area contributed by atoms with Crippen LogP contribution in [0.3, 0.4) is 0 Å². The summed E-state index contributed by atoms with van der Waals surface area (Å²) in [5.74, 6) is 0.456. The van der Waals surface area contributed by atoms with Crippen LogP contribution in [-0.2, 0) is 6.54 Å². The molecule has 2 rings (SSSR count). The third kappa shape index (κ3) is 4.29. The molecule has 0 amide bonds. The number of nitrogens with two attached hydrogens (primary N) is 1. The van der Waals surface area contributed by atoms with Crippen LogP contribution in [0.25, 0.3) is 0 Å². The molecule has 2 N–H and O–H groups in total. The van der Waals surface area contributed by atoms with Crippen LogP contribution in [0.1, 0.15) is 44.2 Å².